The number of benzene rings is 4. The number of pyridine rings is 1. The Hall–Kier alpha value is -5.08. The zero-order chi connectivity index (χ0) is 27.6. The van der Waals surface area contributed by atoms with E-state index in [4.69, 9.17) is 0 Å². The zero-order valence-corrected chi connectivity index (χ0v) is 23.2. The van der Waals surface area contributed by atoms with Gasteiger partial charge in [0, 0.05) is 45.9 Å². The molecule has 4 aromatic carbocycles. The molecule has 4 aliphatic rings. The van der Waals surface area contributed by atoms with Crippen LogP contribution in [0.5, 0.6) is 0 Å². The van der Waals surface area contributed by atoms with Crippen molar-refractivity contribution in [1.82, 2.24) is 4.57 Å². The fraction of sp³-hybridized carbons (Fsp3) is 0.0769. The Balaban J connectivity index is 1.33. The molecule has 196 valence electrons. The van der Waals surface area contributed by atoms with Gasteiger partial charge in [0.05, 0.1) is 5.69 Å². The highest BCUT2D eigenvalue weighted by molar-refractivity contribution is 6.06. The average Bonchev–Trinajstić information content (AvgIpc) is 3.55. The summed E-state index contributed by atoms with van der Waals surface area (Å²) in [6.07, 6.45) is 9.26. The van der Waals surface area contributed by atoms with Crippen molar-refractivity contribution in [1.29, 1.82) is 0 Å². The third kappa shape index (κ3) is 3.72. The van der Waals surface area contributed by atoms with E-state index >= 15 is 0 Å². The summed E-state index contributed by atoms with van der Waals surface area (Å²) in [5.74, 6) is 0. The van der Waals surface area contributed by atoms with Crippen LogP contribution in [0.4, 0.5) is 11.4 Å². The maximum atomic E-state index is 3.85. The van der Waals surface area contributed by atoms with Crippen molar-refractivity contribution in [2.24, 2.45) is 0 Å². The lowest BCUT2D eigenvalue weighted by molar-refractivity contribution is 0.689. The summed E-state index contributed by atoms with van der Waals surface area (Å²) in [6.45, 7) is 4.78. The number of aromatic nitrogens is 1. The van der Waals surface area contributed by atoms with E-state index < -0.39 is 0 Å². The Morgan fingerprint density at radius 2 is 1.32 bits per heavy atom. The molecule has 0 unspecified atom stereocenters. The molecular weight excluding hydrogens is 496 g/mol. The van der Waals surface area contributed by atoms with Gasteiger partial charge in [-0.3, -0.25) is 0 Å². The average molecular weight is 527 g/mol. The molecule has 3 aliphatic carbocycles. The van der Waals surface area contributed by atoms with E-state index in [0.29, 0.717) is 0 Å². The van der Waals surface area contributed by atoms with Gasteiger partial charge in [-0.05, 0) is 80.8 Å². The fourth-order valence-corrected chi connectivity index (χ4v) is 6.90. The van der Waals surface area contributed by atoms with E-state index in [0.717, 1.165) is 11.4 Å². The van der Waals surface area contributed by atoms with E-state index in [9.17, 15) is 0 Å². The number of anilines is 2. The minimum atomic E-state index is -0.173. The van der Waals surface area contributed by atoms with Crippen LogP contribution in [0, 0.1) is 0 Å². The quantitative estimate of drug-likeness (QED) is 0.244. The second-order valence-corrected chi connectivity index (χ2v) is 11.6. The predicted octanol–water partition coefficient (Wildman–Crippen LogP) is 8.31. The number of para-hydroxylation sites is 1. The summed E-state index contributed by atoms with van der Waals surface area (Å²) < 4.78 is 2.25. The van der Waals surface area contributed by atoms with Crippen LogP contribution in [0.3, 0.4) is 0 Å². The Labute approximate surface area is 240 Å². The maximum absolute atomic E-state index is 3.85. The van der Waals surface area contributed by atoms with E-state index in [1.165, 1.54) is 60.7 Å². The van der Waals surface area contributed by atoms with Crippen LogP contribution >= 0.6 is 0 Å². The summed E-state index contributed by atoms with van der Waals surface area (Å²) in [7, 11) is 0. The second-order valence-electron chi connectivity index (χ2n) is 11.6. The molecule has 0 atom stereocenters. The first-order valence-corrected chi connectivity index (χ1v) is 14.3. The van der Waals surface area contributed by atoms with Crippen LogP contribution < -0.4 is 15.8 Å². The van der Waals surface area contributed by atoms with Crippen LogP contribution in [0.25, 0.3) is 45.7 Å². The van der Waals surface area contributed by atoms with Crippen molar-refractivity contribution in [3.8, 4) is 27.9 Å². The molecule has 8 rings (SSSR count). The molecule has 1 N–H and O–H groups in total. The normalized spacial score (nSPS) is 14.6. The molecule has 0 saturated carbocycles. The molecule has 1 aliphatic heterocycles. The molecule has 0 amide bonds. The number of hydrogen-bond donors (Lipinski definition) is 1. The summed E-state index contributed by atoms with van der Waals surface area (Å²) in [4.78, 5) is 0. The minimum Gasteiger partial charge on any atom is -0.355 e. The fourth-order valence-electron chi connectivity index (χ4n) is 6.90. The lowest BCUT2D eigenvalue weighted by Gasteiger charge is -2.33. The van der Waals surface area contributed by atoms with Crippen LogP contribution in [-0.4, -0.2) is 4.57 Å². The molecule has 0 aromatic heterocycles. The Kier molecular flexibility index (Phi) is 5.20. The molecular formula is C39H30N2. The highest BCUT2D eigenvalue weighted by Gasteiger charge is 2.40. The summed E-state index contributed by atoms with van der Waals surface area (Å²) in [6, 6.07) is 41.0. The standard InChI is InChI=1S/C39H30N2/c1-39(2)36-29(23-28-13-9-10-16-32(28)36)24-34-37(39)35-25-41(31-14-7-4-8-15-31)22-21-33(35)38(34)40-30-19-17-27(18-20-30)26-11-5-3-6-12-26/h3-25,40H,1-2H3. The third-order valence-corrected chi connectivity index (χ3v) is 8.73. The highest BCUT2D eigenvalue weighted by Crippen LogP contribution is 2.55. The van der Waals surface area contributed by atoms with Crippen LogP contribution in [0.1, 0.15) is 25.0 Å². The van der Waals surface area contributed by atoms with Gasteiger partial charge in [-0.1, -0.05) is 98.8 Å². The van der Waals surface area contributed by atoms with Crippen LogP contribution in [-0.2, 0) is 5.41 Å². The van der Waals surface area contributed by atoms with Crippen molar-refractivity contribution < 1.29 is 0 Å². The Bertz CT molecular complexity index is 2060. The Morgan fingerprint density at radius 3 is 2.10 bits per heavy atom. The first-order valence-electron chi connectivity index (χ1n) is 14.3. The monoisotopic (exact) mass is 526 g/mol. The molecule has 4 aromatic rings. The van der Waals surface area contributed by atoms with Crippen molar-refractivity contribution in [2.45, 2.75) is 19.3 Å². The van der Waals surface area contributed by atoms with Gasteiger partial charge < -0.3 is 9.88 Å². The van der Waals surface area contributed by atoms with Crippen molar-refractivity contribution in [2.75, 3.05) is 5.32 Å². The van der Waals surface area contributed by atoms with Crippen molar-refractivity contribution >= 4 is 29.1 Å². The lowest BCUT2D eigenvalue weighted by Crippen LogP contribution is -2.31. The molecule has 41 heavy (non-hydrogen) atoms. The Morgan fingerprint density at radius 1 is 0.634 bits per heavy atom. The number of nitrogens with zero attached hydrogens (tertiary/aromatic N) is 1. The summed E-state index contributed by atoms with van der Waals surface area (Å²) in [5.41, 5.74) is 13.6. The molecule has 0 saturated heterocycles. The van der Waals surface area contributed by atoms with Gasteiger partial charge in [0.1, 0.15) is 0 Å². The van der Waals surface area contributed by atoms with Gasteiger partial charge in [0.15, 0.2) is 0 Å². The molecule has 0 bridgehead atoms. The third-order valence-electron chi connectivity index (χ3n) is 8.73. The van der Waals surface area contributed by atoms with E-state index in [1.807, 2.05) is 0 Å². The van der Waals surface area contributed by atoms with E-state index in [-0.39, 0.29) is 5.41 Å². The minimum absolute atomic E-state index is 0.173. The predicted molar refractivity (Wildman–Crippen MR) is 172 cm³/mol. The first-order chi connectivity index (χ1) is 20.1. The zero-order valence-electron chi connectivity index (χ0n) is 23.2. The summed E-state index contributed by atoms with van der Waals surface area (Å²) >= 11 is 0. The van der Waals surface area contributed by atoms with E-state index in [2.05, 4.69) is 164 Å². The number of hydrogen-bond acceptors (Lipinski definition) is 1. The molecule has 0 fully saturated rings. The first kappa shape index (κ1) is 23.8. The van der Waals surface area contributed by atoms with Crippen molar-refractivity contribution in [3.63, 3.8) is 0 Å². The molecule has 2 heteroatoms. The molecule has 0 radical (unpaired) electrons. The SMILES string of the molecule is CC1(C)C2=c3ccccc3=CC2=Cc2c(Nc3ccc(-c4ccccc4)cc3)c3ccn(-c4ccccc4)cc-3c21. The molecule has 2 nitrogen and oxygen atoms in total. The van der Waals surface area contributed by atoms with E-state index in [1.54, 1.807) is 0 Å². The number of nitrogens with one attached hydrogen (secondary N) is 1. The smallest absolute Gasteiger partial charge is 0.0542 e. The largest absolute Gasteiger partial charge is 0.355 e. The van der Waals surface area contributed by atoms with Gasteiger partial charge in [0.2, 0.25) is 0 Å². The van der Waals surface area contributed by atoms with Gasteiger partial charge in [0.25, 0.3) is 0 Å². The lowest BCUT2D eigenvalue weighted by atomic mass is 9.69. The van der Waals surface area contributed by atoms with Crippen molar-refractivity contribution in [3.05, 3.63) is 155 Å². The van der Waals surface area contributed by atoms with Gasteiger partial charge in [-0.2, -0.15) is 0 Å². The van der Waals surface area contributed by atoms with Gasteiger partial charge >= 0.3 is 0 Å². The van der Waals surface area contributed by atoms with Crippen LogP contribution in [0.2, 0.25) is 0 Å². The number of rotatable bonds is 4. The summed E-state index contributed by atoms with van der Waals surface area (Å²) in [5, 5.41) is 6.51. The maximum Gasteiger partial charge on any atom is 0.0542 e. The van der Waals surface area contributed by atoms with Gasteiger partial charge in [-0.25, -0.2) is 0 Å². The molecule has 1 heterocycles. The number of allylic oxidation sites excluding steroid dienone is 1. The van der Waals surface area contributed by atoms with Gasteiger partial charge in [-0.15, -0.1) is 0 Å². The van der Waals surface area contributed by atoms with Crippen LogP contribution in [0.15, 0.2) is 133 Å². The highest BCUT2D eigenvalue weighted by atomic mass is 14.9. The molecule has 0 spiro atoms. The number of fused-ring (bicyclic) bond motifs is 5. The topological polar surface area (TPSA) is 17.0 Å². The second kappa shape index (κ2) is 8.97.